The van der Waals surface area contributed by atoms with Crippen LogP contribution in [0.3, 0.4) is 0 Å². The highest BCUT2D eigenvalue weighted by molar-refractivity contribution is 9.10. The van der Waals surface area contributed by atoms with Gasteiger partial charge in [0.25, 0.3) is 0 Å². The largest absolute Gasteiger partial charge is 0.206 e. The maximum absolute atomic E-state index is 13.0. The van der Waals surface area contributed by atoms with Crippen LogP contribution in [0.1, 0.15) is 25.3 Å². The Morgan fingerprint density at radius 1 is 1.42 bits per heavy atom. The standard InChI is InChI=1S/C10H12BrF/c1-2-3-4-8-5-6-9(11)10(12)7-8/h5-7H,2-4H2,1H3. The average molecular weight is 231 g/mol. The minimum atomic E-state index is -0.163. The van der Waals surface area contributed by atoms with E-state index in [-0.39, 0.29) is 5.82 Å². The van der Waals surface area contributed by atoms with Gasteiger partial charge in [0.2, 0.25) is 0 Å². The molecule has 0 fully saturated rings. The minimum Gasteiger partial charge on any atom is -0.206 e. The molecule has 66 valence electrons. The molecule has 0 aliphatic heterocycles. The van der Waals surface area contributed by atoms with Gasteiger partial charge in [-0.3, -0.25) is 0 Å². The number of aryl methyl sites for hydroxylation is 1. The molecule has 0 spiro atoms. The molecule has 0 saturated carbocycles. The van der Waals surface area contributed by atoms with Crippen LogP contribution in [0.4, 0.5) is 4.39 Å². The maximum atomic E-state index is 13.0. The van der Waals surface area contributed by atoms with Crippen LogP contribution in [0.25, 0.3) is 0 Å². The van der Waals surface area contributed by atoms with Gasteiger partial charge in [-0.15, -0.1) is 0 Å². The second-order valence-electron chi connectivity index (χ2n) is 2.85. The van der Waals surface area contributed by atoms with Gasteiger partial charge >= 0.3 is 0 Å². The summed E-state index contributed by atoms with van der Waals surface area (Å²) in [6.45, 7) is 2.13. The number of rotatable bonds is 3. The van der Waals surface area contributed by atoms with Crippen molar-refractivity contribution in [3.63, 3.8) is 0 Å². The lowest BCUT2D eigenvalue weighted by molar-refractivity contribution is 0.617. The molecule has 0 aromatic heterocycles. The summed E-state index contributed by atoms with van der Waals surface area (Å²) in [4.78, 5) is 0. The smallest absolute Gasteiger partial charge is 0.137 e. The lowest BCUT2D eigenvalue weighted by Crippen LogP contribution is -1.86. The Morgan fingerprint density at radius 2 is 2.17 bits per heavy atom. The van der Waals surface area contributed by atoms with Crippen molar-refractivity contribution in [1.82, 2.24) is 0 Å². The first kappa shape index (κ1) is 9.72. The van der Waals surface area contributed by atoms with Crippen molar-refractivity contribution >= 4 is 15.9 Å². The molecule has 0 unspecified atom stereocenters. The molecular weight excluding hydrogens is 219 g/mol. The van der Waals surface area contributed by atoms with E-state index in [0.29, 0.717) is 4.47 Å². The predicted octanol–water partition coefficient (Wildman–Crippen LogP) is 3.93. The quantitative estimate of drug-likeness (QED) is 0.739. The summed E-state index contributed by atoms with van der Waals surface area (Å²) >= 11 is 3.12. The molecule has 0 heterocycles. The molecule has 0 amide bonds. The Hall–Kier alpha value is -0.370. The zero-order valence-electron chi connectivity index (χ0n) is 7.11. The van der Waals surface area contributed by atoms with Crippen LogP contribution in [-0.2, 0) is 6.42 Å². The van der Waals surface area contributed by atoms with Crippen LogP contribution in [0, 0.1) is 5.82 Å². The van der Waals surface area contributed by atoms with Crippen molar-refractivity contribution in [3.8, 4) is 0 Å². The second-order valence-corrected chi connectivity index (χ2v) is 3.71. The zero-order chi connectivity index (χ0) is 8.97. The second kappa shape index (κ2) is 4.61. The molecule has 0 atom stereocenters. The lowest BCUT2D eigenvalue weighted by atomic mass is 10.1. The van der Waals surface area contributed by atoms with Crippen LogP contribution >= 0.6 is 15.9 Å². The summed E-state index contributed by atoms with van der Waals surface area (Å²) in [6, 6.07) is 5.32. The highest BCUT2D eigenvalue weighted by Crippen LogP contribution is 2.17. The first-order chi connectivity index (χ1) is 5.74. The molecule has 0 N–H and O–H groups in total. The van der Waals surface area contributed by atoms with Gasteiger partial charge in [-0.1, -0.05) is 19.4 Å². The number of unbranched alkanes of at least 4 members (excludes halogenated alkanes) is 1. The number of hydrogen-bond donors (Lipinski definition) is 0. The van der Waals surface area contributed by atoms with Crippen LogP contribution < -0.4 is 0 Å². The van der Waals surface area contributed by atoms with Gasteiger partial charge in [-0.05, 0) is 46.5 Å². The van der Waals surface area contributed by atoms with Crippen molar-refractivity contribution in [1.29, 1.82) is 0 Å². The molecule has 2 heteroatoms. The zero-order valence-corrected chi connectivity index (χ0v) is 8.70. The normalized spacial score (nSPS) is 10.2. The molecule has 0 aliphatic rings. The molecule has 0 bridgehead atoms. The Kier molecular flexibility index (Phi) is 3.73. The van der Waals surface area contributed by atoms with Gasteiger partial charge < -0.3 is 0 Å². The van der Waals surface area contributed by atoms with E-state index < -0.39 is 0 Å². The van der Waals surface area contributed by atoms with Crippen molar-refractivity contribution in [3.05, 3.63) is 34.1 Å². The third-order valence-electron chi connectivity index (χ3n) is 1.80. The molecule has 0 saturated heterocycles. The van der Waals surface area contributed by atoms with Crippen LogP contribution in [0.2, 0.25) is 0 Å². The summed E-state index contributed by atoms with van der Waals surface area (Å²) in [5.41, 5.74) is 1.08. The van der Waals surface area contributed by atoms with E-state index in [1.807, 2.05) is 6.07 Å². The first-order valence-corrected chi connectivity index (χ1v) is 4.97. The van der Waals surface area contributed by atoms with Crippen molar-refractivity contribution in [2.45, 2.75) is 26.2 Å². The predicted molar refractivity (Wildman–Crippen MR) is 52.7 cm³/mol. The van der Waals surface area contributed by atoms with Gasteiger partial charge in [-0.2, -0.15) is 0 Å². The topological polar surface area (TPSA) is 0 Å². The molecule has 12 heavy (non-hydrogen) atoms. The van der Waals surface area contributed by atoms with E-state index >= 15 is 0 Å². The van der Waals surface area contributed by atoms with E-state index in [0.717, 1.165) is 24.8 Å². The molecule has 0 nitrogen and oxygen atoms in total. The number of halogens is 2. The maximum Gasteiger partial charge on any atom is 0.137 e. The van der Waals surface area contributed by atoms with E-state index in [1.165, 1.54) is 0 Å². The SMILES string of the molecule is CCCCc1ccc(Br)c(F)c1. The number of hydrogen-bond acceptors (Lipinski definition) is 0. The first-order valence-electron chi connectivity index (χ1n) is 4.18. The summed E-state index contributed by atoms with van der Waals surface area (Å²) < 4.78 is 13.5. The Balaban J connectivity index is 2.69. The molecule has 1 rings (SSSR count). The fraction of sp³-hybridized carbons (Fsp3) is 0.400. The number of benzene rings is 1. The summed E-state index contributed by atoms with van der Waals surface area (Å²) in [7, 11) is 0. The van der Waals surface area contributed by atoms with Gasteiger partial charge in [0.1, 0.15) is 5.82 Å². The van der Waals surface area contributed by atoms with Crippen molar-refractivity contribution in [2.24, 2.45) is 0 Å². The summed E-state index contributed by atoms with van der Waals surface area (Å²) in [5, 5.41) is 0. The van der Waals surface area contributed by atoms with Gasteiger partial charge in [0.15, 0.2) is 0 Å². The van der Waals surface area contributed by atoms with Crippen molar-refractivity contribution < 1.29 is 4.39 Å². The Morgan fingerprint density at radius 3 is 2.75 bits per heavy atom. The fourth-order valence-electron chi connectivity index (χ4n) is 1.08. The van der Waals surface area contributed by atoms with Crippen LogP contribution in [-0.4, -0.2) is 0 Å². The third-order valence-corrected chi connectivity index (χ3v) is 2.45. The van der Waals surface area contributed by atoms with E-state index in [4.69, 9.17) is 0 Å². The molecule has 1 aromatic carbocycles. The lowest BCUT2D eigenvalue weighted by Gasteiger charge is -2.00. The third kappa shape index (κ3) is 2.59. The van der Waals surface area contributed by atoms with E-state index in [1.54, 1.807) is 12.1 Å². The Bertz CT molecular complexity index is 258. The summed E-state index contributed by atoms with van der Waals surface area (Å²) in [5.74, 6) is -0.163. The van der Waals surface area contributed by atoms with Gasteiger partial charge in [0.05, 0.1) is 4.47 Å². The Labute approximate surface area is 80.9 Å². The van der Waals surface area contributed by atoms with E-state index in [9.17, 15) is 4.39 Å². The highest BCUT2D eigenvalue weighted by Gasteiger charge is 1.99. The molecule has 1 aromatic rings. The molecular formula is C10H12BrF. The molecule has 0 aliphatic carbocycles. The van der Waals surface area contributed by atoms with Gasteiger partial charge in [0, 0.05) is 0 Å². The minimum absolute atomic E-state index is 0.163. The van der Waals surface area contributed by atoms with Crippen LogP contribution in [0.5, 0.6) is 0 Å². The van der Waals surface area contributed by atoms with E-state index in [2.05, 4.69) is 22.9 Å². The summed E-state index contributed by atoms with van der Waals surface area (Å²) in [6.07, 6.45) is 3.25. The van der Waals surface area contributed by atoms with Crippen molar-refractivity contribution in [2.75, 3.05) is 0 Å². The fourth-order valence-corrected chi connectivity index (χ4v) is 1.32. The van der Waals surface area contributed by atoms with Gasteiger partial charge in [-0.25, -0.2) is 4.39 Å². The molecule has 0 radical (unpaired) electrons. The highest BCUT2D eigenvalue weighted by atomic mass is 79.9. The monoisotopic (exact) mass is 230 g/mol. The average Bonchev–Trinajstić information content (AvgIpc) is 2.07. The van der Waals surface area contributed by atoms with Crippen LogP contribution in [0.15, 0.2) is 22.7 Å².